The predicted octanol–water partition coefficient (Wildman–Crippen LogP) is 8.39. The van der Waals surface area contributed by atoms with Crippen LogP contribution >= 0.6 is 0 Å². The number of hydrogen-bond donors (Lipinski definition) is 2. The van der Waals surface area contributed by atoms with Crippen LogP contribution in [0.25, 0.3) is 0 Å². The van der Waals surface area contributed by atoms with Crippen LogP contribution in [0.5, 0.6) is 0 Å². The van der Waals surface area contributed by atoms with Gasteiger partial charge in [0.05, 0.1) is 18.0 Å². The lowest BCUT2D eigenvalue weighted by Crippen LogP contribution is -2.61. The molecule has 0 aromatic carbocycles. The first-order valence-corrected chi connectivity index (χ1v) is 19.2. The SMILES string of the molecule is C[C@]12CC[C@H]3[C@@H](CC[C@H]4CC(=O)[C@]5(CCC6=C(C[C@@H]7CC[C@@H]8[C@H](CC[C@]9(C)[C@@H](O)CC[C@@H]89)[C@@]7(C)C6)O5)C[C@@]43C)[C@H]1CC[C@@H]2O. The lowest BCUT2D eigenvalue weighted by Gasteiger charge is -2.63. The van der Waals surface area contributed by atoms with E-state index in [0.717, 1.165) is 63.2 Å². The molecule has 0 amide bonds. The minimum absolute atomic E-state index is 0.0978. The second-order valence-electron chi connectivity index (χ2n) is 19.4. The Labute approximate surface area is 266 Å². The van der Waals surface area contributed by atoms with Crippen molar-refractivity contribution in [3.63, 3.8) is 0 Å². The topological polar surface area (TPSA) is 66.8 Å². The molecule has 4 nitrogen and oxygen atoms in total. The van der Waals surface area contributed by atoms with E-state index in [1.165, 1.54) is 70.0 Å². The van der Waals surface area contributed by atoms with Gasteiger partial charge >= 0.3 is 0 Å². The fourth-order valence-electron chi connectivity index (χ4n) is 15.6. The van der Waals surface area contributed by atoms with E-state index in [2.05, 4.69) is 27.7 Å². The van der Waals surface area contributed by atoms with Gasteiger partial charge in [0.1, 0.15) is 0 Å². The highest BCUT2D eigenvalue weighted by Crippen LogP contribution is 2.70. The highest BCUT2D eigenvalue weighted by atomic mass is 16.5. The Morgan fingerprint density at radius 3 is 1.77 bits per heavy atom. The van der Waals surface area contributed by atoms with E-state index in [1.54, 1.807) is 5.57 Å². The number of aliphatic hydroxyl groups excluding tert-OH is 2. The molecular formula is C40H60O4. The first-order chi connectivity index (χ1) is 20.9. The molecule has 0 bridgehead atoms. The van der Waals surface area contributed by atoms with Gasteiger partial charge in [-0.25, -0.2) is 0 Å². The lowest BCUT2D eigenvalue weighted by molar-refractivity contribution is -0.186. The average molecular weight is 605 g/mol. The number of rotatable bonds is 0. The molecule has 4 heteroatoms. The molecule has 9 rings (SSSR count). The second kappa shape index (κ2) is 9.39. The van der Waals surface area contributed by atoms with Gasteiger partial charge in [-0.1, -0.05) is 27.7 Å². The van der Waals surface area contributed by atoms with Gasteiger partial charge in [0.25, 0.3) is 0 Å². The number of hydrogen-bond acceptors (Lipinski definition) is 4. The van der Waals surface area contributed by atoms with Crippen molar-refractivity contribution in [3.8, 4) is 0 Å². The van der Waals surface area contributed by atoms with Gasteiger partial charge in [0.2, 0.25) is 0 Å². The van der Waals surface area contributed by atoms with Crippen molar-refractivity contribution in [2.45, 2.75) is 161 Å². The van der Waals surface area contributed by atoms with Crippen molar-refractivity contribution in [3.05, 3.63) is 11.3 Å². The molecule has 0 aromatic rings. The molecular weight excluding hydrogens is 544 g/mol. The third kappa shape index (κ3) is 3.63. The molecule has 0 unspecified atom stereocenters. The zero-order valence-corrected chi connectivity index (χ0v) is 28.2. The zero-order valence-electron chi connectivity index (χ0n) is 28.2. The Morgan fingerprint density at radius 2 is 1.16 bits per heavy atom. The third-order valence-electron chi connectivity index (χ3n) is 18.2. The quantitative estimate of drug-likeness (QED) is 0.291. The summed E-state index contributed by atoms with van der Waals surface area (Å²) in [6, 6.07) is 0. The first kappa shape index (κ1) is 29.3. The lowest BCUT2D eigenvalue weighted by atomic mass is 9.43. The summed E-state index contributed by atoms with van der Waals surface area (Å²) in [5.74, 6) is 7.12. The summed E-state index contributed by atoms with van der Waals surface area (Å²) in [5, 5.41) is 21.9. The Balaban J connectivity index is 0.976. The van der Waals surface area contributed by atoms with Crippen LogP contribution in [0.15, 0.2) is 11.3 Å². The average Bonchev–Trinajstić information content (AvgIpc) is 3.47. The van der Waals surface area contributed by atoms with Gasteiger partial charge < -0.3 is 14.9 Å². The fraction of sp³-hybridized carbons (Fsp3) is 0.925. The van der Waals surface area contributed by atoms with Crippen molar-refractivity contribution in [1.29, 1.82) is 0 Å². The molecule has 15 atom stereocenters. The van der Waals surface area contributed by atoms with E-state index in [-0.39, 0.29) is 28.5 Å². The largest absolute Gasteiger partial charge is 0.484 e. The van der Waals surface area contributed by atoms with Crippen molar-refractivity contribution >= 4 is 5.78 Å². The maximum absolute atomic E-state index is 14.2. The van der Waals surface area contributed by atoms with Crippen molar-refractivity contribution < 1.29 is 19.7 Å². The summed E-state index contributed by atoms with van der Waals surface area (Å²) < 4.78 is 7.24. The number of aliphatic hydroxyl groups is 2. The number of ether oxygens (including phenoxy) is 1. The summed E-state index contributed by atoms with van der Waals surface area (Å²) in [5.41, 5.74) is 1.73. The van der Waals surface area contributed by atoms with Crippen LogP contribution in [-0.4, -0.2) is 33.8 Å². The minimum Gasteiger partial charge on any atom is -0.484 e. The van der Waals surface area contributed by atoms with Gasteiger partial charge in [-0.15, -0.1) is 0 Å². The van der Waals surface area contributed by atoms with Crippen molar-refractivity contribution in [2.75, 3.05) is 0 Å². The molecule has 0 aromatic heterocycles. The van der Waals surface area contributed by atoms with Gasteiger partial charge in [-0.3, -0.25) is 4.79 Å². The second-order valence-corrected chi connectivity index (χ2v) is 19.4. The molecule has 1 aliphatic heterocycles. The number of Topliss-reactive ketones (excluding diaryl/α,β-unsaturated/α-hetero) is 1. The Morgan fingerprint density at radius 1 is 0.614 bits per heavy atom. The summed E-state index contributed by atoms with van der Waals surface area (Å²) in [6.07, 6.45) is 19.9. The van der Waals surface area contributed by atoms with Gasteiger partial charge in [0, 0.05) is 19.3 Å². The summed E-state index contributed by atoms with van der Waals surface area (Å²) in [4.78, 5) is 14.2. The van der Waals surface area contributed by atoms with Gasteiger partial charge in [-0.2, -0.15) is 0 Å². The molecule has 9 aliphatic rings. The zero-order chi connectivity index (χ0) is 30.4. The molecule has 7 saturated carbocycles. The standard InChI is InChI=1S/C40H60O4/c1-36-16-14-30-26(28(36)9-11-33(36)41)7-5-24-19-32-23(21-38(24,30)3)13-18-40(44-32)22-39(4)25(20-35(40)43)6-8-27-29-10-12-34(42)37(29,2)17-15-31(27)39/h24-31,33-34,41-42H,5-22H2,1-4H3/t24-,25-,26-,27-,28-,29+,30-,31-,33-,34-,36-,37-,38-,39-,40-/m0/s1. The smallest absolute Gasteiger partial charge is 0.176 e. The fourth-order valence-corrected chi connectivity index (χ4v) is 15.6. The summed E-state index contributed by atoms with van der Waals surface area (Å²) in [6.45, 7) is 9.99. The molecule has 8 aliphatic carbocycles. The van der Waals surface area contributed by atoms with E-state index < -0.39 is 5.60 Å². The first-order valence-electron chi connectivity index (χ1n) is 19.2. The number of fused-ring (bicyclic) bond motifs is 10. The Kier molecular flexibility index (Phi) is 6.25. The number of carbonyl (C=O) groups is 1. The van der Waals surface area contributed by atoms with Crippen molar-refractivity contribution in [1.82, 2.24) is 0 Å². The van der Waals surface area contributed by atoms with Crippen molar-refractivity contribution in [2.24, 2.45) is 69.0 Å². The van der Waals surface area contributed by atoms with Gasteiger partial charge in [-0.05, 0) is 171 Å². The Bertz CT molecular complexity index is 1270. The van der Waals surface area contributed by atoms with Crippen LogP contribution in [0.4, 0.5) is 0 Å². The molecule has 1 spiro atoms. The molecule has 2 N–H and O–H groups in total. The number of allylic oxidation sites excluding steroid dienone is 2. The number of ketones is 1. The summed E-state index contributed by atoms with van der Waals surface area (Å²) >= 11 is 0. The Hall–Kier alpha value is -0.870. The van der Waals surface area contributed by atoms with Crippen LogP contribution in [-0.2, 0) is 9.53 Å². The molecule has 7 fully saturated rings. The van der Waals surface area contributed by atoms with Crippen LogP contribution < -0.4 is 0 Å². The van der Waals surface area contributed by atoms with Crippen LogP contribution in [0.2, 0.25) is 0 Å². The van der Waals surface area contributed by atoms with Crippen LogP contribution in [0.3, 0.4) is 0 Å². The van der Waals surface area contributed by atoms with E-state index in [9.17, 15) is 15.0 Å². The van der Waals surface area contributed by atoms with E-state index in [1.807, 2.05) is 0 Å². The molecule has 44 heavy (non-hydrogen) atoms. The number of carbonyl (C=O) groups excluding carboxylic acids is 1. The highest BCUT2D eigenvalue weighted by Gasteiger charge is 2.66. The van der Waals surface area contributed by atoms with Gasteiger partial charge in [0.15, 0.2) is 11.4 Å². The molecule has 244 valence electrons. The van der Waals surface area contributed by atoms with E-state index >= 15 is 0 Å². The maximum Gasteiger partial charge on any atom is 0.176 e. The monoisotopic (exact) mass is 604 g/mol. The minimum atomic E-state index is -0.598. The van der Waals surface area contributed by atoms with Crippen LogP contribution in [0, 0.1) is 69.0 Å². The summed E-state index contributed by atoms with van der Waals surface area (Å²) in [7, 11) is 0. The molecule has 0 saturated heterocycles. The predicted molar refractivity (Wildman–Crippen MR) is 171 cm³/mol. The van der Waals surface area contributed by atoms with Crippen LogP contribution in [0.1, 0.15) is 143 Å². The van der Waals surface area contributed by atoms with E-state index in [0.29, 0.717) is 46.7 Å². The third-order valence-corrected chi connectivity index (χ3v) is 18.2. The van der Waals surface area contributed by atoms with E-state index in [4.69, 9.17) is 4.74 Å². The molecule has 1 heterocycles. The normalized spacial score (nSPS) is 59.5. The molecule has 0 radical (unpaired) electrons. The highest BCUT2D eigenvalue weighted by molar-refractivity contribution is 5.89. The maximum atomic E-state index is 14.2.